The quantitative estimate of drug-likeness (QED) is 0.735. The number of ether oxygens (including phenoxy) is 1. The van der Waals surface area contributed by atoms with E-state index in [1.54, 1.807) is 36.0 Å². The first-order valence-corrected chi connectivity index (χ1v) is 4.89. The van der Waals surface area contributed by atoms with Crippen molar-refractivity contribution in [3.05, 3.63) is 35.2 Å². The molecule has 0 spiro atoms. The van der Waals surface area contributed by atoms with Gasteiger partial charge in [-0.25, -0.2) is 9.78 Å². The number of nitrogens with zero attached hydrogens (tertiary/aromatic N) is 2. The largest absolute Gasteiger partial charge is 0.462 e. The molecular formula is C10H9ClN2O2. The van der Waals surface area contributed by atoms with Crippen LogP contribution in [0.1, 0.15) is 17.3 Å². The van der Waals surface area contributed by atoms with Gasteiger partial charge in [-0.05, 0) is 13.0 Å². The highest BCUT2D eigenvalue weighted by Crippen LogP contribution is 2.18. The van der Waals surface area contributed by atoms with Crippen molar-refractivity contribution in [2.24, 2.45) is 0 Å². The number of hydrogen-bond acceptors (Lipinski definition) is 3. The second-order valence-electron chi connectivity index (χ2n) is 2.96. The fourth-order valence-corrected chi connectivity index (χ4v) is 1.58. The fourth-order valence-electron chi connectivity index (χ4n) is 1.32. The summed E-state index contributed by atoms with van der Waals surface area (Å²) in [6.07, 6.45) is 4.99. The first-order chi connectivity index (χ1) is 7.22. The predicted molar refractivity (Wildman–Crippen MR) is 56.2 cm³/mol. The third kappa shape index (κ3) is 1.80. The number of hydrogen-bond donors (Lipinski definition) is 0. The second kappa shape index (κ2) is 3.90. The van der Waals surface area contributed by atoms with Gasteiger partial charge in [0.05, 0.1) is 17.2 Å². The predicted octanol–water partition coefficient (Wildman–Crippen LogP) is 2.16. The van der Waals surface area contributed by atoms with E-state index in [-0.39, 0.29) is 5.97 Å². The zero-order valence-corrected chi connectivity index (χ0v) is 8.86. The van der Waals surface area contributed by atoms with Crippen molar-refractivity contribution in [3.8, 4) is 0 Å². The summed E-state index contributed by atoms with van der Waals surface area (Å²) in [4.78, 5) is 15.5. The molecule has 0 unspecified atom stereocenters. The number of imidazole rings is 1. The van der Waals surface area contributed by atoms with Crippen LogP contribution in [0.3, 0.4) is 0 Å². The van der Waals surface area contributed by atoms with Crippen LogP contribution in [-0.2, 0) is 4.74 Å². The van der Waals surface area contributed by atoms with E-state index in [4.69, 9.17) is 16.3 Å². The monoisotopic (exact) mass is 224 g/mol. The van der Waals surface area contributed by atoms with Gasteiger partial charge in [-0.15, -0.1) is 0 Å². The first kappa shape index (κ1) is 9.98. The lowest BCUT2D eigenvalue weighted by Gasteiger charge is -2.03. The second-order valence-corrected chi connectivity index (χ2v) is 3.36. The van der Waals surface area contributed by atoms with Crippen LogP contribution in [0, 0.1) is 0 Å². The molecule has 0 fully saturated rings. The highest BCUT2D eigenvalue weighted by atomic mass is 35.5. The van der Waals surface area contributed by atoms with Gasteiger partial charge in [0.25, 0.3) is 0 Å². The molecule has 4 nitrogen and oxygen atoms in total. The Labute approximate surface area is 91.4 Å². The van der Waals surface area contributed by atoms with E-state index in [0.717, 1.165) is 0 Å². The summed E-state index contributed by atoms with van der Waals surface area (Å²) < 4.78 is 6.57. The smallest absolute Gasteiger partial charge is 0.339 e. The van der Waals surface area contributed by atoms with Crippen molar-refractivity contribution in [2.45, 2.75) is 6.92 Å². The van der Waals surface area contributed by atoms with Crippen LogP contribution in [0.25, 0.3) is 5.65 Å². The van der Waals surface area contributed by atoms with Crippen LogP contribution < -0.4 is 0 Å². The average molecular weight is 225 g/mol. The molecule has 2 aromatic heterocycles. The standard InChI is InChI=1S/C10H9ClN2O2/c1-2-15-10(14)7-5-8(11)9-12-3-4-13(9)6-7/h3-6H,2H2,1H3. The molecule has 0 saturated carbocycles. The topological polar surface area (TPSA) is 43.6 Å². The summed E-state index contributed by atoms with van der Waals surface area (Å²) in [5.74, 6) is -0.380. The van der Waals surface area contributed by atoms with Gasteiger partial charge in [0.2, 0.25) is 0 Å². The molecule has 15 heavy (non-hydrogen) atoms. The molecule has 0 radical (unpaired) electrons. The summed E-state index contributed by atoms with van der Waals surface area (Å²) in [6, 6.07) is 1.56. The van der Waals surface area contributed by atoms with Crippen molar-refractivity contribution in [1.29, 1.82) is 0 Å². The Bertz CT molecular complexity index is 507. The number of fused-ring (bicyclic) bond motifs is 1. The lowest BCUT2D eigenvalue weighted by Crippen LogP contribution is -2.05. The molecule has 0 aromatic carbocycles. The minimum absolute atomic E-state index is 0.346. The van der Waals surface area contributed by atoms with E-state index in [2.05, 4.69) is 4.98 Å². The van der Waals surface area contributed by atoms with E-state index >= 15 is 0 Å². The van der Waals surface area contributed by atoms with Crippen molar-refractivity contribution >= 4 is 23.2 Å². The highest BCUT2D eigenvalue weighted by molar-refractivity contribution is 6.33. The molecule has 2 aromatic rings. The van der Waals surface area contributed by atoms with Gasteiger partial charge >= 0.3 is 5.97 Å². The molecule has 0 aliphatic rings. The Morgan fingerprint density at radius 1 is 1.67 bits per heavy atom. The van der Waals surface area contributed by atoms with Crippen molar-refractivity contribution in [2.75, 3.05) is 6.61 Å². The summed E-state index contributed by atoms with van der Waals surface area (Å²) >= 11 is 5.96. The number of halogens is 1. The molecule has 5 heteroatoms. The lowest BCUT2D eigenvalue weighted by atomic mass is 10.3. The summed E-state index contributed by atoms with van der Waals surface area (Å²) in [7, 11) is 0. The molecule has 0 aliphatic carbocycles. The SMILES string of the molecule is CCOC(=O)c1cc(Cl)c2nccn2c1. The third-order valence-corrected chi connectivity index (χ3v) is 2.23. The Kier molecular flexibility index (Phi) is 2.60. The van der Waals surface area contributed by atoms with Crippen LogP contribution in [-0.4, -0.2) is 22.0 Å². The molecule has 0 amide bonds. The fraction of sp³-hybridized carbons (Fsp3) is 0.200. The van der Waals surface area contributed by atoms with E-state index in [1.807, 2.05) is 0 Å². The maximum absolute atomic E-state index is 11.4. The highest BCUT2D eigenvalue weighted by Gasteiger charge is 2.10. The normalized spacial score (nSPS) is 10.5. The summed E-state index contributed by atoms with van der Waals surface area (Å²) in [5.41, 5.74) is 1.05. The van der Waals surface area contributed by atoms with Crippen molar-refractivity contribution in [1.82, 2.24) is 9.38 Å². The van der Waals surface area contributed by atoms with E-state index in [9.17, 15) is 4.79 Å². The van der Waals surface area contributed by atoms with Gasteiger partial charge in [0.1, 0.15) is 0 Å². The Morgan fingerprint density at radius 3 is 3.20 bits per heavy atom. The zero-order valence-electron chi connectivity index (χ0n) is 8.11. The lowest BCUT2D eigenvalue weighted by molar-refractivity contribution is 0.0526. The maximum Gasteiger partial charge on any atom is 0.339 e. The minimum Gasteiger partial charge on any atom is -0.462 e. The molecule has 0 N–H and O–H groups in total. The average Bonchev–Trinajstić information content (AvgIpc) is 2.66. The molecular weight excluding hydrogens is 216 g/mol. The number of aromatic nitrogens is 2. The van der Waals surface area contributed by atoms with Gasteiger partial charge < -0.3 is 9.14 Å². The molecule has 0 atom stereocenters. The van der Waals surface area contributed by atoms with Crippen LogP contribution >= 0.6 is 11.6 Å². The van der Waals surface area contributed by atoms with E-state index < -0.39 is 0 Å². The Balaban J connectivity index is 2.49. The van der Waals surface area contributed by atoms with Gasteiger partial charge in [-0.2, -0.15) is 0 Å². The summed E-state index contributed by atoms with van der Waals surface area (Å²) in [5, 5.41) is 0.436. The molecule has 2 heterocycles. The molecule has 0 bridgehead atoms. The molecule has 78 valence electrons. The number of esters is 1. The van der Waals surface area contributed by atoms with Crippen LogP contribution in [0.2, 0.25) is 5.02 Å². The first-order valence-electron chi connectivity index (χ1n) is 4.51. The van der Waals surface area contributed by atoms with Gasteiger partial charge in [0.15, 0.2) is 5.65 Å². The van der Waals surface area contributed by atoms with Crippen molar-refractivity contribution in [3.63, 3.8) is 0 Å². The van der Waals surface area contributed by atoms with Gasteiger partial charge in [-0.3, -0.25) is 0 Å². The number of pyridine rings is 1. The van der Waals surface area contributed by atoms with Crippen LogP contribution in [0.4, 0.5) is 0 Å². The minimum atomic E-state index is -0.380. The van der Waals surface area contributed by atoms with Crippen molar-refractivity contribution < 1.29 is 9.53 Å². The Morgan fingerprint density at radius 2 is 2.47 bits per heavy atom. The van der Waals surface area contributed by atoms with Crippen LogP contribution in [0.15, 0.2) is 24.7 Å². The van der Waals surface area contributed by atoms with E-state index in [1.165, 1.54) is 0 Å². The zero-order chi connectivity index (χ0) is 10.8. The maximum atomic E-state index is 11.4. The van der Waals surface area contributed by atoms with Gasteiger partial charge in [0, 0.05) is 18.6 Å². The molecule has 2 rings (SSSR count). The number of carbonyl (C=O) groups is 1. The summed E-state index contributed by atoms with van der Waals surface area (Å²) in [6.45, 7) is 2.10. The van der Waals surface area contributed by atoms with Gasteiger partial charge in [-0.1, -0.05) is 11.6 Å². The Hall–Kier alpha value is -1.55. The third-order valence-electron chi connectivity index (χ3n) is 1.95. The molecule has 0 aliphatic heterocycles. The number of rotatable bonds is 2. The molecule has 0 saturated heterocycles. The van der Waals surface area contributed by atoms with Crippen LogP contribution in [0.5, 0.6) is 0 Å². The van der Waals surface area contributed by atoms with E-state index in [0.29, 0.717) is 22.8 Å². The number of carbonyl (C=O) groups excluding carboxylic acids is 1.